The molecule has 0 radical (unpaired) electrons. The average molecular weight is 840 g/mol. The molecule has 0 aliphatic heterocycles. The first-order chi connectivity index (χ1) is 32.8. The standard InChI is InChI=1S/C61H37N5/c1-2-18-38(19-3-1)59-62-60(64-61(63-59)51-36-39-20-4-6-22-41(39)43-24-8-9-25-44(43)51)49-31-16-30-46-45(49)29-17-35-52(46)65-55-34-15-12-28-50(55)57-56(65)37-40-21-5-7-23-42(40)58(57)66-53-32-13-10-26-47(53)48-27-11-14-33-54(48)66/h1-37H. The Labute approximate surface area is 379 Å². The smallest absolute Gasteiger partial charge is 0.164 e. The summed E-state index contributed by atoms with van der Waals surface area (Å²) in [5.41, 5.74) is 9.77. The maximum Gasteiger partial charge on any atom is 0.164 e. The van der Waals surface area contributed by atoms with Gasteiger partial charge >= 0.3 is 0 Å². The molecule has 306 valence electrons. The van der Waals surface area contributed by atoms with Crippen LogP contribution in [0.5, 0.6) is 0 Å². The van der Waals surface area contributed by atoms with Gasteiger partial charge < -0.3 is 9.13 Å². The molecule has 0 aliphatic carbocycles. The zero-order chi connectivity index (χ0) is 43.3. The zero-order valence-corrected chi connectivity index (χ0v) is 35.6. The lowest BCUT2D eigenvalue weighted by atomic mass is 9.96. The second kappa shape index (κ2) is 14.3. The van der Waals surface area contributed by atoms with Crippen molar-refractivity contribution in [3.8, 4) is 45.5 Å². The molecule has 11 aromatic carbocycles. The number of para-hydroxylation sites is 3. The molecule has 0 saturated heterocycles. The third-order valence-corrected chi connectivity index (χ3v) is 13.5. The number of hydrogen-bond donors (Lipinski definition) is 0. The van der Waals surface area contributed by atoms with Crippen LogP contribution in [0.4, 0.5) is 0 Å². The van der Waals surface area contributed by atoms with Crippen molar-refractivity contribution in [3.63, 3.8) is 0 Å². The number of hydrogen-bond acceptors (Lipinski definition) is 3. The quantitative estimate of drug-likeness (QED) is 0.162. The van der Waals surface area contributed by atoms with E-state index in [4.69, 9.17) is 15.0 Å². The zero-order valence-electron chi connectivity index (χ0n) is 35.6. The van der Waals surface area contributed by atoms with Gasteiger partial charge in [-0.05, 0) is 68.7 Å². The minimum Gasteiger partial charge on any atom is -0.309 e. The predicted octanol–water partition coefficient (Wildman–Crippen LogP) is 15.7. The molecule has 0 fully saturated rings. The first kappa shape index (κ1) is 36.5. The van der Waals surface area contributed by atoms with Crippen molar-refractivity contribution in [2.75, 3.05) is 0 Å². The lowest BCUT2D eigenvalue weighted by molar-refractivity contribution is 1.08. The van der Waals surface area contributed by atoms with E-state index in [1.807, 2.05) is 18.2 Å². The summed E-state index contributed by atoms with van der Waals surface area (Å²) in [6.45, 7) is 0. The number of fused-ring (bicyclic) bond motifs is 11. The van der Waals surface area contributed by atoms with Gasteiger partial charge in [0.25, 0.3) is 0 Å². The highest BCUT2D eigenvalue weighted by molar-refractivity contribution is 6.23. The highest BCUT2D eigenvalue weighted by Crippen LogP contribution is 2.45. The van der Waals surface area contributed by atoms with E-state index in [1.54, 1.807) is 0 Å². The third-order valence-electron chi connectivity index (χ3n) is 13.5. The molecule has 0 saturated carbocycles. The first-order valence-electron chi connectivity index (χ1n) is 22.5. The largest absolute Gasteiger partial charge is 0.309 e. The Morgan fingerprint density at radius 2 is 0.758 bits per heavy atom. The second-order valence-electron chi connectivity index (χ2n) is 17.1. The fraction of sp³-hybridized carbons (Fsp3) is 0. The maximum atomic E-state index is 5.39. The molecule has 0 amide bonds. The Morgan fingerprint density at radius 3 is 1.48 bits per heavy atom. The van der Waals surface area contributed by atoms with E-state index in [9.17, 15) is 0 Å². The van der Waals surface area contributed by atoms with Crippen molar-refractivity contribution in [3.05, 3.63) is 224 Å². The fourth-order valence-electron chi connectivity index (χ4n) is 10.7. The van der Waals surface area contributed by atoms with Gasteiger partial charge in [0.05, 0.1) is 33.4 Å². The summed E-state index contributed by atoms with van der Waals surface area (Å²) in [6.07, 6.45) is 0. The van der Waals surface area contributed by atoms with Crippen molar-refractivity contribution >= 4 is 86.7 Å². The summed E-state index contributed by atoms with van der Waals surface area (Å²) in [7, 11) is 0. The van der Waals surface area contributed by atoms with Gasteiger partial charge in [0.2, 0.25) is 0 Å². The lowest BCUT2D eigenvalue weighted by Gasteiger charge is -2.17. The van der Waals surface area contributed by atoms with Crippen LogP contribution < -0.4 is 0 Å². The topological polar surface area (TPSA) is 48.5 Å². The number of aromatic nitrogens is 5. The maximum absolute atomic E-state index is 5.39. The summed E-state index contributed by atoms with van der Waals surface area (Å²) in [5.74, 6) is 1.90. The first-order valence-corrected chi connectivity index (χ1v) is 22.5. The normalized spacial score (nSPS) is 11.9. The van der Waals surface area contributed by atoms with Gasteiger partial charge in [0.15, 0.2) is 17.5 Å². The van der Waals surface area contributed by atoms with Gasteiger partial charge in [0, 0.05) is 49.0 Å². The SMILES string of the molecule is c1ccc(-c2nc(-c3cccc4c(-n5c6ccccc6c6c(-n7c8ccccc8c8ccccc87)c7ccccc7cc65)cccc34)nc(-c3cc4ccccc4c4ccccc34)n2)cc1. The van der Waals surface area contributed by atoms with Gasteiger partial charge in [0.1, 0.15) is 0 Å². The molecule has 0 aliphatic rings. The molecule has 14 rings (SSSR count). The highest BCUT2D eigenvalue weighted by Gasteiger charge is 2.24. The van der Waals surface area contributed by atoms with Crippen LogP contribution in [0.1, 0.15) is 0 Å². The molecular weight excluding hydrogens is 803 g/mol. The van der Waals surface area contributed by atoms with E-state index in [0.29, 0.717) is 17.5 Å². The number of rotatable bonds is 5. The molecular formula is C61H37N5. The van der Waals surface area contributed by atoms with Crippen molar-refractivity contribution in [1.82, 2.24) is 24.1 Å². The van der Waals surface area contributed by atoms with Gasteiger partial charge in [-0.3, -0.25) is 0 Å². The van der Waals surface area contributed by atoms with E-state index < -0.39 is 0 Å². The van der Waals surface area contributed by atoms with Crippen LogP contribution in [-0.2, 0) is 0 Å². The summed E-state index contributed by atoms with van der Waals surface area (Å²) in [4.78, 5) is 15.9. The summed E-state index contributed by atoms with van der Waals surface area (Å²) in [6, 6.07) is 80.4. The van der Waals surface area contributed by atoms with E-state index in [2.05, 4.69) is 215 Å². The Hall–Kier alpha value is -8.93. The van der Waals surface area contributed by atoms with E-state index >= 15 is 0 Å². The molecule has 66 heavy (non-hydrogen) atoms. The lowest BCUT2D eigenvalue weighted by Crippen LogP contribution is -2.02. The molecule has 0 spiro atoms. The van der Waals surface area contributed by atoms with Gasteiger partial charge in [-0.25, -0.2) is 15.0 Å². The molecule has 0 bridgehead atoms. The van der Waals surface area contributed by atoms with Crippen LogP contribution in [0.25, 0.3) is 132 Å². The van der Waals surface area contributed by atoms with Crippen LogP contribution in [0.2, 0.25) is 0 Å². The Kier molecular flexibility index (Phi) is 7.91. The highest BCUT2D eigenvalue weighted by atomic mass is 15.0. The average Bonchev–Trinajstić information content (AvgIpc) is 3.90. The van der Waals surface area contributed by atoms with Gasteiger partial charge in [-0.2, -0.15) is 0 Å². The molecule has 5 heteroatoms. The Morgan fingerprint density at radius 1 is 0.273 bits per heavy atom. The summed E-state index contributed by atoms with van der Waals surface area (Å²) >= 11 is 0. The molecule has 3 aromatic heterocycles. The molecule has 0 atom stereocenters. The fourth-order valence-corrected chi connectivity index (χ4v) is 10.7. The second-order valence-corrected chi connectivity index (χ2v) is 17.1. The molecule has 14 aromatic rings. The minimum absolute atomic E-state index is 0.626. The van der Waals surface area contributed by atoms with Crippen LogP contribution >= 0.6 is 0 Å². The van der Waals surface area contributed by atoms with Crippen LogP contribution in [0, 0.1) is 0 Å². The molecule has 5 nitrogen and oxygen atoms in total. The molecule has 0 unspecified atom stereocenters. The van der Waals surface area contributed by atoms with E-state index in [1.165, 1.54) is 59.8 Å². The Bertz CT molecular complexity index is 4240. The van der Waals surface area contributed by atoms with Crippen molar-refractivity contribution in [1.29, 1.82) is 0 Å². The number of benzene rings is 11. The van der Waals surface area contributed by atoms with Crippen molar-refractivity contribution in [2.24, 2.45) is 0 Å². The van der Waals surface area contributed by atoms with Crippen LogP contribution in [0.3, 0.4) is 0 Å². The summed E-state index contributed by atoms with van der Waals surface area (Å²) in [5, 5.41) is 14.1. The van der Waals surface area contributed by atoms with E-state index in [-0.39, 0.29) is 0 Å². The van der Waals surface area contributed by atoms with Crippen molar-refractivity contribution in [2.45, 2.75) is 0 Å². The number of nitrogens with zero attached hydrogens (tertiary/aromatic N) is 5. The van der Waals surface area contributed by atoms with Gasteiger partial charge in [-0.1, -0.05) is 188 Å². The Balaban J connectivity index is 1.05. The monoisotopic (exact) mass is 839 g/mol. The summed E-state index contributed by atoms with van der Waals surface area (Å²) < 4.78 is 4.96. The van der Waals surface area contributed by atoms with Crippen LogP contribution in [0.15, 0.2) is 224 Å². The van der Waals surface area contributed by atoms with Crippen molar-refractivity contribution < 1.29 is 0 Å². The van der Waals surface area contributed by atoms with Crippen LogP contribution in [-0.4, -0.2) is 24.1 Å². The molecule has 3 heterocycles. The van der Waals surface area contributed by atoms with E-state index in [0.717, 1.165) is 55.0 Å². The van der Waals surface area contributed by atoms with Gasteiger partial charge in [-0.15, -0.1) is 0 Å². The molecule has 0 N–H and O–H groups in total. The minimum atomic E-state index is 0.626. The third kappa shape index (κ3) is 5.38. The predicted molar refractivity (Wildman–Crippen MR) is 275 cm³/mol.